The van der Waals surface area contributed by atoms with E-state index in [0.717, 1.165) is 36.6 Å². The second kappa shape index (κ2) is 6.62. The van der Waals surface area contributed by atoms with E-state index in [1.807, 2.05) is 26.8 Å². The first-order chi connectivity index (χ1) is 6.91. The molecule has 0 aromatic heterocycles. The molecule has 0 unspecified atom stereocenters. The lowest BCUT2D eigenvalue weighted by molar-refractivity contribution is -0.155. The Balaban J connectivity index is 4.25. The third kappa shape index (κ3) is 6.28. The predicted molar refractivity (Wildman–Crippen MR) is 65.2 cm³/mol. The molecular formula is C12H24N2O. The molecule has 1 N–H and O–H groups in total. The summed E-state index contributed by atoms with van der Waals surface area (Å²) in [4.78, 5) is 0. The van der Waals surface area contributed by atoms with Gasteiger partial charge in [-0.05, 0) is 46.5 Å². The lowest BCUT2D eigenvalue weighted by Gasteiger charge is -2.27. The maximum atomic E-state index is 9.67. The van der Waals surface area contributed by atoms with Gasteiger partial charge in [-0.1, -0.05) is 13.0 Å². The largest absolute Gasteiger partial charge is 0.271 e. The van der Waals surface area contributed by atoms with Gasteiger partial charge in [0.15, 0.2) is 0 Å². The molecule has 0 radical (unpaired) electrons. The van der Waals surface area contributed by atoms with Gasteiger partial charge in [-0.25, -0.2) is 0 Å². The van der Waals surface area contributed by atoms with Crippen LogP contribution in [0.25, 0.3) is 0 Å². The van der Waals surface area contributed by atoms with Crippen molar-refractivity contribution < 1.29 is 5.21 Å². The van der Waals surface area contributed by atoms with Gasteiger partial charge < -0.3 is 0 Å². The highest BCUT2D eigenvalue weighted by Gasteiger charge is 2.17. The SMILES string of the molecule is C=CCCC/C(CC)=N/N(O)C(C)(C)C. The van der Waals surface area contributed by atoms with E-state index in [9.17, 15) is 5.21 Å². The van der Waals surface area contributed by atoms with Gasteiger partial charge in [0.25, 0.3) is 0 Å². The number of hydroxylamine groups is 1. The van der Waals surface area contributed by atoms with E-state index in [1.165, 1.54) is 0 Å². The molecule has 0 atom stereocenters. The van der Waals surface area contributed by atoms with Gasteiger partial charge >= 0.3 is 0 Å². The summed E-state index contributed by atoms with van der Waals surface area (Å²) in [5.74, 6) is 0. The molecule has 0 aliphatic rings. The molecule has 0 aromatic carbocycles. The summed E-state index contributed by atoms with van der Waals surface area (Å²) >= 11 is 0. The molecule has 0 amide bonds. The zero-order chi connectivity index (χ0) is 11.9. The molecule has 0 saturated carbocycles. The van der Waals surface area contributed by atoms with Crippen LogP contribution in [0.2, 0.25) is 0 Å². The summed E-state index contributed by atoms with van der Waals surface area (Å²) in [6.07, 6.45) is 5.77. The number of allylic oxidation sites excluding steroid dienone is 1. The molecule has 0 rings (SSSR count). The van der Waals surface area contributed by atoms with Crippen molar-refractivity contribution in [3.63, 3.8) is 0 Å². The summed E-state index contributed by atoms with van der Waals surface area (Å²) in [5, 5.41) is 14.9. The van der Waals surface area contributed by atoms with Crippen LogP contribution in [0.4, 0.5) is 0 Å². The smallest absolute Gasteiger partial charge is 0.0778 e. The van der Waals surface area contributed by atoms with Crippen molar-refractivity contribution in [3.05, 3.63) is 12.7 Å². The Morgan fingerprint density at radius 1 is 1.47 bits per heavy atom. The summed E-state index contributed by atoms with van der Waals surface area (Å²) in [6.45, 7) is 11.5. The second-order valence-corrected chi connectivity index (χ2v) is 4.66. The maximum absolute atomic E-state index is 9.67. The number of unbranched alkanes of at least 4 members (excludes halogenated alkanes) is 1. The minimum atomic E-state index is -0.334. The zero-order valence-corrected chi connectivity index (χ0v) is 10.5. The Kier molecular flexibility index (Phi) is 6.25. The third-order valence-electron chi connectivity index (χ3n) is 2.12. The van der Waals surface area contributed by atoms with Crippen LogP contribution < -0.4 is 0 Å². The first-order valence-corrected chi connectivity index (χ1v) is 5.58. The molecular weight excluding hydrogens is 188 g/mol. The molecule has 0 spiro atoms. The van der Waals surface area contributed by atoms with E-state index in [2.05, 4.69) is 18.6 Å². The molecule has 0 fully saturated rings. The van der Waals surface area contributed by atoms with Gasteiger partial charge in [-0.15, -0.1) is 6.58 Å². The Labute approximate surface area is 93.4 Å². The molecule has 15 heavy (non-hydrogen) atoms. The monoisotopic (exact) mass is 212 g/mol. The van der Waals surface area contributed by atoms with Crippen molar-refractivity contribution in [3.8, 4) is 0 Å². The lowest BCUT2D eigenvalue weighted by atomic mass is 10.1. The van der Waals surface area contributed by atoms with Gasteiger partial charge in [0.2, 0.25) is 0 Å². The van der Waals surface area contributed by atoms with Gasteiger partial charge in [0.1, 0.15) is 0 Å². The van der Waals surface area contributed by atoms with E-state index < -0.39 is 0 Å². The molecule has 3 nitrogen and oxygen atoms in total. The number of hydrogen-bond acceptors (Lipinski definition) is 3. The van der Waals surface area contributed by atoms with Crippen LogP contribution in [-0.2, 0) is 0 Å². The molecule has 0 aliphatic heterocycles. The van der Waals surface area contributed by atoms with E-state index >= 15 is 0 Å². The Morgan fingerprint density at radius 3 is 2.47 bits per heavy atom. The first kappa shape index (κ1) is 14.2. The fourth-order valence-corrected chi connectivity index (χ4v) is 1.03. The van der Waals surface area contributed by atoms with Crippen molar-refractivity contribution in [2.45, 2.75) is 58.9 Å². The van der Waals surface area contributed by atoms with Crippen LogP contribution in [0.15, 0.2) is 17.8 Å². The van der Waals surface area contributed by atoms with Crippen molar-refractivity contribution in [1.29, 1.82) is 0 Å². The van der Waals surface area contributed by atoms with Crippen LogP contribution in [0.3, 0.4) is 0 Å². The standard InChI is InChI=1S/C12H24N2O/c1-6-8-9-10-11(7-2)13-14(15)12(3,4)5/h6,15H,1,7-10H2,2-5H3/b13-11+. The van der Waals surface area contributed by atoms with Crippen molar-refractivity contribution >= 4 is 5.71 Å². The van der Waals surface area contributed by atoms with E-state index in [0.29, 0.717) is 0 Å². The number of hydrogen-bond donors (Lipinski definition) is 1. The maximum Gasteiger partial charge on any atom is 0.0778 e. The molecule has 0 heterocycles. The highest BCUT2D eigenvalue weighted by Crippen LogP contribution is 2.12. The van der Waals surface area contributed by atoms with Gasteiger partial charge in [-0.3, -0.25) is 5.21 Å². The normalized spacial score (nSPS) is 12.7. The van der Waals surface area contributed by atoms with E-state index in [-0.39, 0.29) is 5.54 Å². The molecule has 3 heteroatoms. The minimum absolute atomic E-state index is 0.334. The van der Waals surface area contributed by atoms with Crippen LogP contribution in [0.5, 0.6) is 0 Å². The summed E-state index contributed by atoms with van der Waals surface area (Å²) < 4.78 is 0. The fourth-order valence-electron chi connectivity index (χ4n) is 1.03. The van der Waals surface area contributed by atoms with Gasteiger partial charge in [-0.2, -0.15) is 10.3 Å². The number of rotatable bonds is 6. The second-order valence-electron chi connectivity index (χ2n) is 4.66. The van der Waals surface area contributed by atoms with Crippen LogP contribution in [0.1, 0.15) is 53.4 Å². The molecule has 0 aliphatic carbocycles. The van der Waals surface area contributed by atoms with Crippen molar-refractivity contribution in [2.24, 2.45) is 5.10 Å². The molecule has 0 saturated heterocycles. The molecule has 88 valence electrons. The zero-order valence-electron chi connectivity index (χ0n) is 10.5. The van der Waals surface area contributed by atoms with Gasteiger partial charge in [0, 0.05) is 5.71 Å². The lowest BCUT2D eigenvalue weighted by Crippen LogP contribution is -2.35. The highest BCUT2D eigenvalue weighted by atomic mass is 16.5. The number of hydrazone groups is 1. The third-order valence-corrected chi connectivity index (χ3v) is 2.12. The Hall–Kier alpha value is -0.830. The highest BCUT2D eigenvalue weighted by molar-refractivity contribution is 5.83. The van der Waals surface area contributed by atoms with Crippen LogP contribution in [0, 0.1) is 0 Å². The van der Waals surface area contributed by atoms with Gasteiger partial charge in [0.05, 0.1) is 5.54 Å². The Morgan fingerprint density at radius 2 is 2.07 bits per heavy atom. The average molecular weight is 212 g/mol. The fraction of sp³-hybridized carbons (Fsp3) is 0.750. The Bertz CT molecular complexity index is 216. The van der Waals surface area contributed by atoms with Crippen LogP contribution in [-0.4, -0.2) is 21.6 Å². The summed E-state index contributed by atoms with van der Waals surface area (Å²) in [7, 11) is 0. The van der Waals surface area contributed by atoms with E-state index in [1.54, 1.807) is 0 Å². The minimum Gasteiger partial charge on any atom is -0.271 e. The topological polar surface area (TPSA) is 35.8 Å². The number of nitrogens with zero attached hydrogens (tertiary/aromatic N) is 2. The van der Waals surface area contributed by atoms with Crippen molar-refractivity contribution in [1.82, 2.24) is 5.17 Å². The summed E-state index contributed by atoms with van der Waals surface area (Å²) in [5.41, 5.74) is 0.702. The summed E-state index contributed by atoms with van der Waals surface area (Å²) in [6, 6.07) is 0. The molecule has 0 bridgehead atoms. The predicted octanol–water partition coefficient (Wildman–Crippen LogP) is 3.60. The van der Waals surface area contributed by atoms with Crippen LogP contribution >= 0.6 is 0 Å². The van der Waals surface area contributed by atoms with Crippen molar-refractivity contribution in [2.75, 3.05) is 0 Å². The average Bonchev–Trinajstić information content (AvgIpc) is 2.14. The van der Waals surface area contributed by atoms with E-state index in [4.69, 9.17) is 0 Å². The molecule has 0 aromatic rings. The quantitative estimate of drug-likeness (QED) is 0.316. The first-order valence-electron chi connectivity index (χ1n) is 5.58.